The number of hydrogen-bond donors (Lipinski definition) is 0. The molecule has 0 atom stereocenters. The monoisotopic (exact) mass is 305 g/mol. The molecule has 2 rings (SSSR count). The van der Waals surface area contributed by atoms with Gasteiger partial charge in [-0.05, 0) is 18.6 Å². The molecule has 0 aliphatic rings. The number of rotatable bonds is 7. The van der Waals surface area contributed by atoms with Crippen molar-refractivity contribution in [1.29, 1.82) is 0 Å². The summed E-state index contributed by atoms with van der Waals surface area (Å²) in [5.74, 6) is 0.920. The minimum atomic E-state index is 0.0330. The van der Waals surface area contributed by atoms with Crippen LogP contribution < -0.4 is 4.74 Å². The third-order valence-electron chi connectivity index (χ3n) is 3.01. The molecule has 0 fully saturated rings. The van der Waals surface area contributed by atoms with Gasteiger partial charge in [0.1, 0.15) is 5.75 Å². The highest BCUT2D eigenvalue weighted by atomic mass is 32.1. The number of methoxy groups -OCH3 is 1. The van der Waals surface area contributed by atoms with Crippen LogP contribution in [0.5, 0.6) is 5.75 Å². The van der Waals surface area contributed by atoms with Gasteiger partial charge in [-0.3, -0.25) is 4.79 Å². The van der Waals surface area contributed by atoms with Gasteiger partial charge in [0.15, 0.2) is 5.78 Å². The van der Waals surface area contributed by atoms with Gasteiger partial charge in [-0.25, -0.2) is 4.98 Å². The fourth-order valence-electron chi connectivity index (χ4n) is 1.98. The van der Waals surface area contributed by atoms with E-state index in [9.17, 15) is 4.79 Å². The van der Waals surface area contributed by atoms with Crippen LogP contribution in [-0.2, 0) is 17.8 Å². The van der Waals surface area contributed by atoms with Crippen molar-refractivity contribution < 1.29 is 14.3 Å². The van der Waals surface area contributed by atoms with Crippen LogP contribution in [-0.4, -0.2) is 24.5 Å². The van der Waals surface area contributed by atoms with Crippen molar-refractivity contribution in [1.82, 2.24) is 4.98 Å². The molecule has 0 radical (unpaired) electrons. The van der Waals surface area contributed by atoms with Crippen LogP contribution in [0.2, 0.25) is 0 Å². The summed E-state index contributed by atoms with van der Waals surface area (Å²) < 4.78 is 10.8. The van der Waals surface area contributed by atoms with Crippen molar-refractivity contribution in [2.24, 2.45) is 0 Å². The Balaban J connectivity index is 1.99. The molecule has 0 aliphatic heterocycles. The van der Waals surface area contributed by atoms with E-state index < -0.39 is 0 Å². The Morgan fingerprint density at radius 3 is 2.76 bits per heavy atom. The normalized spacial score (nSPS) is 10.6. The zero-order chi connectivity index (χ0) is 15.2. The summed E-state index contributed by atoms with van der Waals surface area (Å²) in [5, 5.41) is 0.904. The molecule has 4 nitrogen and oxygen atoms in total. The van der Waals surface area contributed by atoms with Gasteiger partial charge in [0.25, 0.3) is 0 Å². The smallest absolute Gasteiger partial charge is 0.171 e. The molecule has 2 aromatic rings. The molecule has 5 heteroatoms. The van der Waals surface area contributed by atoms with Gasteiger partial charge >= 0.3 is 0 Å². The van der Waals surface area contributed by atoms with E-state index in [1.165, 1.54) is 11.3 Å². The molecule has 0 amide bonds. The predicted molar refractivity (Wildman–Crippen MR) is 83.2 cm³/mol. The first-order chi connectivity index (χ1) is 10.1. The van der Waals surface area contributed by atoms with Crippen molar-refractivity contribution in [3.63, 3.8) is 0 Å². The van der Waals surface area contributed by atoms with E-state index in [2.05, 4.69) is 4.98 Å². The molecule has 0 saturated heterocycles. The number of carbonyl (C=O) groups excluding carboxylic acids is 1. The van der Waals surface area contributed by atoms with Crippen LogP contribution in [0.25, 0.3) is 0 Å². The lowest BCUT2D eigenvalue weighted by Gasteiger charge is -2.07. The summed E-state index contributed by atoms with van der Waals surface area (Å²) in [4.78, 5) is 16.7. The van der Waals surface area contributed by atoms with Gasteiger partial charge in [0.05, 0.1) is 28.8 Å². The average Bonchev–Trinajstić information content (AvgIpc) is 2.85. The van der Waals surface area contributed by atoms with E-state index in [0.29, 0.717) is 24.5 Å². The van der Waals surface area contributed by atoms with Crippen LogP contribution in [0.3, 0.4) is 0 Å². The van der Waals surface area contributed by atoms with Gasteiger partial charge in [-0.1, -0.05) is 18.2 Å². The molecule has 112 valence electrons. The molecular formula is C16H19NO3S. The van der Waals surface area contributed by atoms with E-state index in [-0.39, 0.29) is 5.78 Å². The number of carbonyl (C=O) groups is 1. The van der Waals surface area contributed by atoms with Crippen molar-refractivity contribution in [3.8, 4) is 5.75 Å². The maximum atomic E-state index is 11.6. The number of nitrogens with zero attached hydrogens (tertiary/aromatic N) is 1. The molecular weight excluding hydrogens is 286 g/mol. The maximum absolute atomic E-state index is 11.6. The van der Waals surface area contributed by atoms with Crippen molar-refractivity contribution in [3.05, 3.63) is 45.4 Å². The lowest BCUT2D eigenvalue weighted by Crippen LogP contribution is -2.02. The van der Waals surface area contributed by atoms with Gasteiger partial charge in [-0.2, -0.15) is 0 Å². The minimum absolute atomic E-state index is 0.0330. The number of hydrogen-bond acceptors (Lipinski definition) is 5. The molecule has 1 heterocycles. The molecule has 0 N–H and O–H groups in total. The zero-order valence-corrected chi connectivity index (χ0v) is 13.3. The van der Waals surface area contributed by atoms with Crippen LogP contribution in [0.4, 0.5) is 0 Å². The second-order valence-electron chi connectivity index (χ2n) is 4.74. The Hall–Kier alpha value is -1.72. The summed E-state index contributed by atoms with van der Waals surface area (Å²) >= 11 is 1.43. The Labute approximate surface area is 128 Å². The summed E-state index contributed by atoms with van der Waals surface area (Å²) in [6.07, 6.45) is 0.684. The van der Waals surface area contributed by atoms with Crippen LogP contribution in [0, 0.1) is 6.92 Å². The number of ether oxygens (including phenoxy) is 2. The third kappa shape index (κ3) is 4.12. The maximum Gasteiger partial charge on any atom is 0.171 e. The molecule has 0 saturated carbocycles. The quantitative estimate of drug-likeness (QED) is 0.735. The zero-order valence-electron chi connectivity index (χ0n) is 12.5. The Morgan fingerprint density at radius 2 is 2.10 bits per heavy atom. The number of thiazole rings is 1. The lowest BCUT2D eigenvalue weighted by atomic mass is 10.2. The third-order valence-corrected chi connectivity index (χ3v) is 4.27. The van der Waals surface area contributed by atoms with Crippen molar-refractivity contribution in [2.75, 3.05) is 13.7 Å². The Bertz CT molecular complexity index is 622. The van der Waals surface area contributed by atoms with Gasteiger partial charge in [0, 0.05) is 20.5 Å². The van der Waals surface area contributed by atoms with Gasteiger partial charge in [0.2, 0.25) is 0 Å². The first-order valence-electron chi connectivity index (χ1n) is 6.78. The minimum Gasteiger partial charge on any atom is -0.493 e. The molecule has 1 aromatic heterocycles. The summed E-state index contributed by atoms with van der Waals surface area (Å²) in [7, 11) is 1.60. The second kappa shape index (κ2) is 7.33. The number of benzene rings is 1. The molecule has 0 spiro atoms. The number of Topliss-reactive ketones (excluding diaryl/α,β-unsaturated/α-hetero) is 1. The van der Waals surface area contributed by atoms with E-state index in [1.807, 2.05) is 31.2 Å². The Morgan fingerprint density at radius 1 is 1.33 bits per heavy atom. The molecule has 0 unspecified atom stereocenters. The van der Waals surface area contributed by atoms with E-state index in [1.54, 1.807) is 14.0 Å². The van der Waals surface area contributed by atoms with E-state index >= 15 is 0 Å². The fourth-order valence-corrected chi connectivity index (χ4v) is 2.93. The lowest BCUT2D eigenvalue weighted by molar-refractivity contribution is 0.101. The Kier molecular flexibility index (Phi) is 5.47. The molecule has 21 heavy (non-hydrogen) atoms. The first kappa shape index (κ1) is 15.7. The van der Waals surface area contributed by atoms with Crippen molar-refractivity contribution in [2.45, 2.75) is 26.9 Å². The summed E-state index contributed by atoms with van der Waals surface area (Å²) in [6.45, 7) is 4.48. The molecule has 0 bridgehead atoms. The standard InChI is InChI=1S/C16H19NO3S/c1-11-6-4-5-7-14(11)20-9-8-15-17-13(10-19-3)16(21-15)12(2)18/h4-7H,8-10H2,1-3H3. The number of aromatic nitrogens is 1. The topological polar surface area (TPSA) is 48.4 Å². The van der Waals surface area contributed by atoms with Gasteiger partial charge in [-0.15, -0.1) is 11.3 Å². The van der Waals surface area contributed by atoms with Crippen LogP contribution >= 0.6 is 11.3 Å². The SMILES string of the molecule is COCc1nc(CCOc2ccccc2C)sc1C(C)=O. The average molecular weight is 305 g/mol. The number of aryl methyl sites for hydroxylation is 1. The van der Waals surface area contributed by atoms with Crippen molar-refractivity contribution >= 4 is 17.1 Å². The highest BCUT2D eigenvalue weighted by molar-refractivity contribution is 7.13. The van der Waals surface area contributed by atoms with E-state index in [4.69, 9.17) is 9.47 Å². The van der Waals surface area contributed by atoms with Gasteiger partial charge < -0.3 is 9.47 Å². The first-order valence-corrected chi connectivity index (χ1v) is 7.60. The second-order valence-corrected chi connectivity index (χ2v) is 5.82. The molecule has 0 aliphatic carbocycles. The fraction of sp³-hybridized carbons (Fsp3) is 0.375. The van der Waals surface area contributed by atoms with Crippen LogP contribution in [0.15, 0.2) is 24.3 Å². The summed E-state index contributed by atoms with van der Waals surface area (Å²) in [5.41, 5.74) is 1.84. The molecule has 1 aromatic carbocycles. The highest BCUT2D eigenvalue weighted by Crippen LogP contribution is 2.21. The van der Waals surface area contributed by atoms with Crippen LogP contribution in [0.1, 0.15) is 32.9 Å². The van der Waals surface area contributed by atoms with E-state index in [0.717, 1.165) is 22.0 Å². The largest absolute Gasteiger partial charge is 0.493 e. The highest BCUT2D eigenvalue weighted by Gasteiger charge is 2.14. The summed E-state index contributed by atoms with van der Waals surface area (Å²) in [6, 6.07) is 7.91. The predicted octanol–water partition coefficient (Wildman–Crippen LogP) is 3.42. The number of ketones is 1. The number of para-hydroxylation sites is 1.